The van der Waals surface area contributed by atoms with Crippen molar-refractivity contribution in [3.63, 3.8) is 0 Å². The summed E-state index contributed by atoms with van der Waals surface area (Å²) in [5.41, 5.74) is 5.20. The molecule has 3 aromatic rings. The van der Waals surface area contributed by atoms with Gasteiger partial charge in [0, 0.05) is 55.4 Å². The lowest BCUT2D eigenvalue weighted by Gasteiger charge is -2.34. The normalized spacial score (nSPS) is 19.5. The van der Waals surface area contributed by atoms with Gasteiger partial charge in [0.15, 0.2) is 5.69 Å². The summed E-state index contributed by atoms with van der Waals surface area (Å²) in [6.07, 6.45) is 3.05. The van der Waals surface area contributed by atoms with Gasteiger partial charge in [-0.15, -0.1) is 0 Å². The lowest BCUT2D eigenvalue weighted by molar-refractivity contribution is 0.0621. The van der Waals surface area contributed by atoms with E-state index in [2.05, 4.69) is 22.0 Å². The van der Waals surface area contributed by atoms with Crippen molar-refractivity contribution in [2.24, 2.45) is 5.92 Å². The number of rotatable bonds is 3. The molecule has 2 aliphatic rings. The Labute approximate surface area is 181 Å². The number of amides is 1. The van der Waals surface area contributed by atoms with Crippen molar-refractivity contribution in [3.8, 4) is 0 Å². The van der Waals surface area contributed by atoms with Gasteiger partial charge in [-0.2, -0.15) is 5.10 Å². The van der Waals surface area contributed by atoms with E-state index in [9.17, 15) is 9.59 Å². The Bertz CT molecular complexity index is 1190. The number of carbonyl (C=O) groups is 1. The Morgan fingerprint density at radius 2 is 2.03 bits per heavy atom. The van der Waals surface area contributed by atoms with Crippen LogP contribution < -0.4 is 5.63 Å². The van der Waals surface area contributed by atoms with Crippen LogP contribution in [-0.4, -0.2) is 52.1 Å². The van der Waals surface area contributed by atoms with Crippen LogP contribution in [0.4, 0.5) is 0 Å². The van der Waals surface area contributed by atoms with Gasteiger partial charge in [-0.1, -0.05) is 19.1 Å². The van der Waals surface area contributed by atoms with Crippen molar-refractivity contribution in [3.05, 3.63) is 62.8 Å². The lowest BCUT2D eigenvalue weighted by Crippen LogP contribution is -2.48. The van der Waals surface area contributed by atoms with Gasteiger partial charge in [0.1, 0.15) is 5.58 Å². The number of aryl methyl sites for hydroxylation is 2. The molecular weight excluding hydrogens is 392 g/mol. The number of H-pyrrole nitrogens is 1. The highest BCUT2D eigenvalue weighted by molar-refractivity contribution is 5.94. The standard InChI is InChI=1S/C24H28N4O3/c1-15-4-6-20-19(11-15)23(26-25-20)24(30)28-9-7-27(8-10-28)14-17-13-22(29)31-21-12-16(2)3-5-18(17)21/h3,5,12-13,15H,4,6-11,14H2,1-2H3,(H,25,26). The first-order chi connectivity index (χ1) is 15.0. The Kier molecular flexibility index (Phi) is 5.14. The van der Waals surface area contributed by atoms with E-state index in [1.807, 2.05) is 30.0 Å². The van der Waals surface area contributed by atoms with Crippen molar-refractivity contribution in [2.45, 2.75) is 39.7 Å². The van der Waals surface area contributed by atoms with Crippen LogP contribution in [0, 0.1) is 12.8 Å². The highest BCUT2D eigenvalue weighted by atomic mass is 16.4. The van der Waals surface area contributed by atoms with Gasteiger partial charge < -0.3 is 9.32 Å². The van der Waals surface area contributed by atoms with Gasteiger partial charge in [-0.3, -0.25) is 14.8 Å². The number of aromatic amines is 1. The van der Waals surface area contributed by atoms with Gasteiger partial charge in [-0.25, -0.2) is 4.79 Å². The first kappa shape index (κ1) is 20.0. The number of hydrogen-bond acceptors (Lipinski definition) is 5. The van der Waals surface area contributed by atoms with Gasteiger partial charge in [0.2, 0.25) is 0 Å². The fraction of sp³-hybridized carbons (Fsp3) is 0.458. The zero-order valence-corrected chi connectivity index (χ0v) is 18.1. The molecule has 0 bridgehead atoms. The minimum absolute atomic E-state index is 0.0348. The van der Waals surface area contributed by atoms with Crippen LogP contribution in [0.5, 0.6) is 0 Å². The van der Waals surface area contributed by atoms with Gasteiger partial charge in [0.25, 0.3) is 5.91 Å². The van der Waals surface area contributed by atoms with Crippen molar-refractivity contribution < 1.29 is 9.21 Å². The van der Waals surface area contributed by atoms with Crippen molar-refractivity contribution >= 4 is 16.9 Å². The fourth-order valence-electron chi connectivity index (χ4n) is 4.81. The molecule has 2 aromatic heterocycles. The molecule has 7 heteroatoms. The predicted molar refractivity (Wildman–Crippen MR) is 118 cm³/mol. The van der Waals surface area contributed by atoms with E-state index >= 15 is 0 Å². The largest absolute Gasteiger partial charge is 0.423 e. The number of hydrogen-bond donors (Lipinski definition) is 1. The summed E-state index contributed by atoms with van der Waals surface area (Å²) in [6, 6.07) is 7.55. The molecule has 1 N–H and O–H groups in total. The Morgan fingerprint density at radius 1 is 1.23 bits per heavy atom. The maximum absolute atomic E-state index is 13.1. The van der Waals surface area contributed by atoms with Crippen LogP contribution in [-0.2, 0) is 19.4 Å². The van der Waals surface area contributed by atoms with Crippen molar-refractivity contribution in [1.29, 1.82) is 0 Å². The molecule has 1 atom stereocenters. The highest BCUT2D eigenvalue weighted by Crippen LogP contribution is 2.27. The van der Waals surface area contributed by atoms with Crippen LogP contribution in [0.2, 0.25) is 0 Å². The van der Waals surface area contributed by atoms with Gasteiger partial charge in [0.05, 0.1) is 0 Å². The molecule has 1 aromatic carbocycles. The van der Waals surface area contributed by atoms with Crippen LogP contribution in [0.3, 0.4) is 0 Å². The van der Waals surface area contributed by atoms with E-state index in [0.717, 1.165) is 60.1 Å². The van der Waals surface area contributed by atoms with E-state index < -0.39 is 0 Å². The number of fused-ring (bicyclic) bond motifs is 2. The molecule has 1 amide bonds. The average molecular weight is 421 g/mol. The summed E-state index contributed by atoms with van der Waals surface area (Å²) >= 11 is 0. The summed E-state index contributed by atoms with van der Waals surface area (Å²) < 4.78 is 5.38. The minimum atomic E-state index is -0.320. The first-order valence-corrected chi connectivity index (χ1v) is 11.1. The molecule has 162 valence electrons. The van der Waals surface area contributed by atoms with E-state index in [-0.39, 0.29) is 11.5 Å². The predicted octanol–water partition coefficient (Wildman–Crippen LogP) is 2.91. The summed E-state index contributed by atoms with van der Waals surface area (Å²) in [6.45, 7) is 7.74. The van der Waals surface area contributed by atoms with Crippen LogP contribution >= 0.6 is 0 Å². The summed E-state index contributed by atoms with van der Waals surface area (Å²) in [7, 11) is 0. The van der Waals surface area contributed by atoms with Crippen LogP contribution in [0.25, 0.3) is 11.0 Å². The van der Waals surface area contributed by atoms with E-state index in [4.69, 9.17) is 4.42 Å². The molecule has 0 saturated carbocycles. The SMILES string of the molecule is Cc1ccc2c(CN3CCN(C(=O)c4n[nH]c5c4CC(C)CC5)CC3)cc(=O)oc2c1. The molecule has 31 heavy (non-hydrogen) atoms. The molecule has 1 aliphatic heterocycles. The number of carbonyl (C=O) groups excluding carboxylic acids is 1. The molecule has 0 radical (unpaired) electrons. The Hall–Kier alpha value is -2.93. The zero-order chi connectivity index (χ0) is 21.5. The maximum atomic E-state index is 13.1. The van der Waals surface area contributed by atoms with E-state index in [1.165, 1.54) is 0 Å². The molecule has 1 fully saturated rings. The van der Waals surface area contributed by atoms with Crippen molar-refractivity contribution in [1.82, 2.24) is 20.0 Å². The van der Waals surface area contributed by atoms with Gasteiger partial charge >= 0.3 is 5.63 Å². The quantitative estimate of drug-likeness (QED) is 0.659. The summed E-state index contributed by atoms with van der Waals surface area (Å²) in [4.78, 5) is 29.4. The second-order valence-corrected chi connectivity index (χ2v) is 9.04. The van der Waals surface area contributed by atoms with E-state index in [0.29, 0.717) is 36.8 Å². The third kappa shape index (κ3) is 3.90. The van der Waals surface area contributed by atoms with E-state index in [1.54, 1.807) is 6.07 Å². The second-order valence-electron chi connectivity index (χ2n) is 9.04. The van der Waals surface area contributed by atoms with Gasteiger partial charge in [-0.05, 0) is 49.3 Å². The fourth-order valence-corrected chi connectivity index (χ4v) is 4.81. The molecule has 3 heterocycles. The molecule has 1 unspecified atom stereocenters. The molecule has 7 nitrogen and oxygen atoms in total. The molecule has 5 rings (SSSR count). The number of nitrogens with zero attached hydrogens (tertiary/aromatic N) is 3. The Balaban J connectivity index is 1.27. The zero-order valence-electron chi connectivity index (χ0n) is 18.1. The second kappa shape index (κ2) is 7.96. The highest BCUT2D eigenvalue weighted by Gasteiger charge is 2.29. The summed E-state index contributed by atoms with van der Waals surface area (Å²) in [5, 5.41) is 8.43. The maximum Gasteiger partial charge on any atom is 0.336 e. The molecule has 0 spiro atoms. The third-order valence-corrected chi connectivity index (χ3v) is 6.63. The monoisotopic (exact) mass is 420 g/mol. The smallest absolute Gasteiger partial charge is 0.336 e. The first-order valence-electron chi connectivity index (χ1n) is 11.1. The third-order valence-electron chi connectivity index (χ3n) is 6.63. The van der Waals surface area contributed by atoms with Crippen LogP contribution in [0.1, 0.15) is 46.2 Å². The minimum Gasteiger partial charge on any atom is -0.423 e. The van der Waals surface area contributed by atoms with Crippen LogP contribution in [0.15, 0.2) is 33.5 Å². The average Bonchev–Trinajstić information content (AvgIpc) is 3.16. The number of piperazine rings is 1. The molecular formula is C24H28N4O3. The lowest BCUT2D eigenvalue weighted by atomic mass is 9.87. The number of nitrogens with one attached hydrogen (secondary N) is 1. The number of benzene rings is 1. The van der Waals surface area contributed by atoms with Crippen molar-refractivity contribution in [2.75, 3.05) is 26.2 Å². The Morgan fingerprint density at radius 3 is 2.84 bits per heavy atom. The summed E-state index contributed by atoms with van der Waals surface area (Å²) in [5.74, 6) is 0.628. The topological polar surface area (TPSA) is 82.4 Å². The number of aromatic nitrogens is 2. The molecule has 1 aliphatic carbocycles. The molecule has 1 saturated heterocycles.